The van der Waals surface area contributed by atoms with Crippen LogP contribution in [0, 0.1) is 0 Å². The molecule has 0 bridgehead atoms. The van der Waals surface area contributed by atoms with Crippen LogP contribution in [0.3, 0.4) is 0 Å². The van der Waals surface area contributed by atoms with E-state index >= 15 is 0 Å². The molecule has 0 radical (unpaired) electrons. The number of nitrogens with two attached hydrogens (primary N) is 1. The molecule has 2 unspecified atom stereocenters. The molecule has 1 aliphatic heterocycles. The predicted octanol–water partition coefficient (Wildman–Crippen LogP) is 3.60. The molecule has 0 amide bonds. The minimum Gasteiger partial charge on any atom is -0.395 e. The van der Waals surface area contributed by atoms with Crippen LogP contribution >= 0.6 is 11.3 Å². The zero-order chi connectivity index (χ0) is 19.7. The predicted molar refractivity (Wildman–Crippen MR) is 115 cm³/mol. The maximum Gasteiger partial charge on any atom is 0.160 e. The molecule has 3 aromatic rings. The van der Waals surface area contributed by atoms with Crippen LogP contribution in [0.4, 0.5) is 5.69 Å². The molecule has 28 heavy (non-hydrogen) atoms. The molecule has 5 nitrogen and oxygen atoms in total. The zero-order valence-corrected chi connectivity index (χ0v) is 16.6. The van der Waals surface area contributed by atoms with Gasteiger partial charge in [-0.1, -0.05) is 30.3 Å². The summed E-state index contributed by atoms with van der Waals surface area (Å²) in [5.41, 5.74) is 13.6. The summed E-state index contributed by atoms with van der Waals surface area (Å²) in [7, 11) is 0. The van der Waals surface area contributed by atoms with Crippen molar-refractivity contribution < 1.29 is 10.2 Å². The molecular weight excluding hydrogens is 370 g/mol. The van der Waals surface area contributed by atoms with E-state index in [1.807, 2.05) is 18.4 Å². The van der Waals surface area contributed by atoms with Gasteiger partial charge in [-0.05, 0) is 46.7 Å². The fourth-order valence-electron chi connectivity index (χ4n) is 3.73. The molecule has 146 valence electrons. The van der Waals surface area contributed by atoms with Gasteiger partial charge in [0.15, 0.2) is 6.23 Å². The molecule has 4 rings (SSSR count). The largest absolute Gasteiger partial charge is 0.395 e. The summed E-state index contributed by atoms with van der Waals surface area (Å²) in [4.78, 5) is 0.932. The minimum atomic E-state index is -0.686. The molecule has 2 heterocycles. The second-order valence-corrected chi connectivity index (χ2v) is 8.03. The molecule has 0 fully saturated rings. The quantitative estimate of drug-likeness (QED) is 0.412. The first-order chi connectivity index (χ1) is 13.6. The van der Waals surface area contributed by atoms with E-state index in [1.165, 1.54) is 0 Å². The normalized spacial score (nSPS) is 16.2. The van der Waals surface area contributed by atoms with Crippen LogP contribution in [0.2, 0.25) is 0 Å². The Kier molecular flexibility index (Phi) is 5.48. The van der Waals surface area contributed by atoms with Gasteiger partial charge in [0.2, 0.25) is 0 Å². The fourth-order valence-corrected chi connectivity index (χ4v) is 4.57. The van der Waals surface area contributed by atoms with E-state index < -0.39 is 6.23 Å². The third kappa shape index (κ3) is 3.45. The number of hydrogen-bond acceptors (Lipinski definition) is 6. The molecule has 1 aliphatic rings. The number of nitrogens with one attached hydrogen (secondary N) is 2. The lowest BCUT2D eigenvalue weighted by Gasteiger charge is -2.27. The second kappa shape index (κ2) is 8.03. The van der Waals surface area contributed by atoms with Crippen molar-refractivity contribution in [1.82, 2.24) is 5.32 Å². The average Bonchev–Trinajstić information content (AvgIpc) is 3.19. The van der Waals surface area contributed by atoms with E-state index in [0.29, 0.717) is 13.1 Å². The minimum absolute atomic E-state index is 0.00952. The summed E-state index contributed by atoms with van der Waals surface area (Å²) >= 11 is 1.56. The van der Waals surface area contributed by atoms with Gasteiger partial charge >= 0.3 is 0 Å². The molecule has 2 aromatic carbocycles. The Morgan fingerprint density at radius 2 is 1.93 bits per heavy atom. The van der Waals surface area contributed by atoms with Gasteiger partial charge in [-0.3, -0.25) is 0 Å². The van der Waals surface area contributed by atoms with E-state index in [-0.39, 0.29) is 12.6 Å². The van der Waals surface area contributed by atoms with Crippen LogP contribution in [0.15, 0.2) is 47.8 Å². The van der Waals surface area contributed by atoms with E-state index in [0.717, 1.165) is 43.9 Å². The highest BCUT2D eigenvalue weighted by Crippen LogP contribution is 2.48. The number of benzene rings is 2. The number of hydrogen-bond donors (Lipinski definition) is 5. The number of fused-ring (bicyclic) bond motifs is 3. The van der Waals surface area contributed by atoms with Crippen LogP contribution in [0.5, 0.6) is 0 Å². The topological polar surface area (TPSA) is 90.5 Å². The van der Waals surface area contributed by atoms with Crippen molar-refractivity contribution in [3.63, 3.8) is 0 Å². The van der Waals surface area contributed by atoms with Gasteiger partial charge in [-0.2, -0.15) is 0 Å². The number of aliphatic hydroxyl groups excluding tert-OH is 2. The lowest BCUT2D eigenvalue weighted by atomic mass is 9.87. The first-order valence-electron chi connectivity index (χ1n) is 9.46. The Hall–Kier alpha value is -2.22. The van der Waals surface area contributed by atoms with Crippen molar-refractivity contribution in [2.24, 2.45) is 5.73 Å². The van der Waals surface area contributed by atoms with E-state index in [4.69, 9.17) is 10.8 Å². The summed E-state index contributed by atoms with van der Waals surface area (Å²) in [6.45, 7) is 3.28. The molecule has 6 heteroatoms. The van der Waals surface area contributed by atoms with Crippen LogP contribution < -0.4 is 16.4 Å². The average molecular weight is 396 g/mol. The Balaban J connectivity index is 1.88. The van der Waals surface area contributed by atoms with Gasteiger partial charge in [0, 0.05) is 35.9 Å². The standard InChI is InChI=1S/C22H25N3O2S/c1-13(23)14-2-4-15(5-3-14)19-16(12-24-9-10-26)6-7-18-20(19)17-8-11-28-21(17)22(27)25-18/h2-8,11,13,22,24-27H,9-10,12,23H2,1H3. The maximum atomic E-state index is 10.4. The van der Waals surface area contributed by atoms with Gasteiger partial charge in [0.1, 0.15) is 0 Å². The van der Waals surface area contributed by atoms with Crippen molar-refractivity contribution in [1.29, 1.82) is 0 Å². The SMILES string of the molecule is CC(N)c1ccc(-c2c(CNCCO)ccc3c2-c2ccsc2C(O)N3)cc1. The molecule has 2 atom stereocenters. The summed E-state index contributed by atoms with van der Waals surface area (Å²) in [5, 5.41) is 28.1. The second-order valence-electron chi connectivity index (χ2n) is 7.08. The van der Waals surface area contributed by atoms with Crippen molar-refractivity contribution in [3.8, 4) is 22.3 Å². The number of anilines is 1. The van der Waals surface area contributed by atoms with Crippen LogP contribution in [-0.4, -0.2) is 23.4 Å². The van der Waals surface area contributed by atoms with Gasteiger partial charge < -0.3 is 26.6 Å². The Morgan fingerprint density at radius 1 is 1.14 bits per heavy atom. The number of rotatable bonds is 6. The lowest BCUT2D eigenvalue weighted by Crippen LogP contribution is -2.19. The molecule has 6 N–H and O–H groups in total. The summed E-state index contributed by atoms with van der Waals surface area (Å²) in [6, 6.07) is 14.5. The summed E-state index contributed by atoms with van der Waals surface area (Å²) in [5.74, 6) is 0. The molecular formula is C22H25N3O2S. The first kappa shape index (κ1) is 19.1. The van der Waals surface area contributed by atoms with Crippen LogP contribution in [0.25, 0.3) is 22.3 Å². The molecule has 0 saturated carbocycles. The van der Waals surface area contributed by atoms with Gasteiger partial charge in [0.25, 0.3) is 0 Å². The highest BCUT2D eigenvalue weighted by molar-refractivity contribution is 7.10. The van der Waals surface area contributed by atoms with Gasteiger partial charge in [-0.25, -0.2) is 0 Å². The molecule has 0 spiro atoms. The third-order valence-electron chi connectivity index (χ3n) is 5.13. The Bertz CT molecular complexity index is 966. The monoisotopic (exact) mass is 395 g/mol. The van der Waals surface area contributed by atoms with E-state index in [9.17, 15) is 5.11 Å². The highest BCUT2D eigenvalue weighted by Gasteiger charge is 2.27. The van der Waals surface area contributed by atoms with Crippen molar-refractivity contribution in [2.75, 3.05) is 18.5 Å². The van der Waals surface area contributed by atoms with E-state index in [1.54, 1.807) is 11.3 Å². The highest BCUT2D eigenvalue weighted by atomic mass is 32.1. The van der Waals surface area contributed by atoms with E-state index in [2.05, 4.69) is 47.0 Å². The molecule has 0 aliphatic carbocycles. The van der Waals surface area contributed by atoms with Crippen LogP contribution in [0.1, 0.15) is 35.2 Å². The third-order valence-corrected chi connectivity index (χ3v) is 6.10. The van der Waals surface area contributed by atoms with Crippen molar-refractivity contribution in [2.45, 2.75) is 25.7 Å². The fraction of sp³-hybridized carbons (Fsp3) is 0.273. The first-order valence-corrected chi connectivity index (χ1v) is 10.3. The zero-order valence-electron chi connectivity index (χ0n) is 15.8. The Morgan fingerprint density at radius 3 is 2.64 bits per heavy atom. The number of thiophene rings is 1. The Labute approximate surface area is 168 Å². The van der Waals surface area contributed by atoms with Gasteiger partial charge in [0.05, 0.1) is 11.5 Å². The maximum absolute atomic E-state index is 10.4. The van der Waals surface area contributed by atoms with Crippen molar-refractivity contribution >= 4 is 17.0 Å². The summed E-state index contributed by atoms with van der Waals surface area (Å²) in [6.07, 6.45) is -0.686. The number of aliphatic hydroxyl groups is 2. The van der Waals surface area contributed by atoms with Crippen molar-refractivity contribution in [3.05, 3.63) is 63.8 Å². The molecule has 0 saturated heterocycles. The van der Waals surface area contributed by atoms with Gasteiger partial charge in [-0.15, -0.1) is 11.3 Å². The lowest BCUT2D eigenvalue weighted by molar-refractivity contribution is 0.211. The summed E-state index contributed by atoms with van der Waals surface area (Å²) < 4.78 is 0. The molecule has 1 aromatic heterocycles. The van der Waals surface area contributed by atoms with Crippen LogP contribution in [-0.2, 0) is 6.54 Å². The smallest absolute Gasteiger partial charge is 0.160 e.